The Labute approximate surface area is 157 Å². The van der Waals surface area contributed by atoms with Crippen LogP contribution in [0.1, 0.15) is 18.4 Å². The highest BCUT2D eigenvalue weighted by Gasteiger charge is 2.20. The fourth-order valence-electron chi connectivity index (χ4n) is 2.27. The maximum absolute atomic E-state index is 12.0. The van der Waals surface area contributed by atoms with E-state index in [0.717, 1.165) is 5.56 Å². The summed E-state index contributed by atoms with van der Waals surface area (Å²) in [5.41, 5.74) is 17.1. The van der Waals surface area contributed by atoms with Gasteiger partial charge >= 0.3 is 5.97 Å². The number of carboxylic acid groups (broad SMARTS) is 1. The van der Waals surface area contributed by atoms with E-state index in [0.29, 0.717) is 12.8 Å². The molecule has 0 fully saturated rings. The van der Waals surface area contributed by atoms with Gasteiger partial charge in [0.05, 0.1) is 12.6 Å². The highest BCUT2D eigenvalue weighted by Crippen LogP contribution is 2.02. The van der Waals surface area contributed by atoms with Gasteiger partial charge in [-0.1, -0.05) is 30.3 Å². The van der Waals surface area contributed by atoms with E-state index in [1.165, 1.54) is 0 Å². The Morgan fingerprint density at radius 3 is 2.41 bits per heavy atom. The maximum Gasteiger partial charge on any atom is 0.326 e. The van der Waals surface area contributed by atoms with Crippen LogP contribution in [-0.2, 0) is 20.8 Å². The molecule has 0 aromatic heterocycles. The molecule has 10 heteroatoms. The van der Waals surface area contributed by atoms with Gasteiger partial charge in [0.2, 0.25) is 11.8 Å². The van der Waals surface area contributed by atoms with Crippen LogP contribution >= 0.6 is 0 Å². The molecule has 10 nitrogen and oxygen atoms in total. The van der Waals surface area contributed by atoms with E-state index in [2.05, 4.69) is 15.6 Å². The lowest BCUT2D eigenvalue weighted by Crippen LogP contribution is -2.49. The number of nitrogens with two attached hydrogens (primary N) is 3. The van der Waals surface area contributed by atoms with Gasteiger partial charge < -0.3 is 32.9 Å². The normalized spacial score (nSPS) is 12.5. The summed E-state index contributed by atoms with van der Waals surface area (Å²) in [6.07, 6.45) is 0.861. The van der Waals surface area contributed by atoms with Gasteiger partial charge in [-0.05, 0) is 24.8 Å². The zero-order valence-electron chi connectivity index (χ0n) is 14.9. The van der Waals surface area contributed by atoms with E-state index in [-0.39, 0.29) is 25.5 Å². The number of carbonyl (C=O) groups excluding carboxylic acids is 2. The Bertz CT molecular complexity index is 661. The number of benzene rings is 1. The first kappa shape index (κ1) is 21.9. The third-order valence-corrected chi connectivity index (χ3v) is 3.64. The molecule has 0 aliphatic carbocycles. The summed E-state index contributed by atoms with van der Waals surface area (Å²) in [5.74, 6) is -2.38. The summed E-state index contributed by atoms with van der Waals surface area (Å²) < 4.78 is 0. The second-order valence-corrected chi connectivity index (χ2v) is 5.92. The minimum Gasteiger partial charge on any atom is -0.480 e. The molecule has 2 atom stereocenters. The average Bonchev–Trinajstić information content (AvgIpc) is 2.62. The van der Waals surface area contributed by atoms with Gasteiger partial charge in [-0.15, -0.1) is 0 Å². The molecule has 0 saturated heterocycles. The number of aliphatic imine (C=N–C) groups is 1. The third kappa shape index (κ3) is 9.21. The number of aliphatic carboxylic acids is 1. The molecule has 0 radical (unpaired) electrons. The average molecular weight is 378 g/mol. The SMILES string of the molecule is NC(N)=NCCCC(NC(=O)CNC(=O)C(N)Cc1ccccc1)C(=O)O. The molecule has 0 aliphatic rings. The van der Waals surface area contributed by atoms with Crippen LogP contribution in [0, 0.1) is 0 Å². The Hall–Kier alpha value is -3.14. The monoisotopic (exact) mass is 378 g/mol. The van der Waals surface area contributed by atoms with Crippen LogP contribution in [0.4, 0.5) is 0 Å². The van der Waals surface area contributed by atoms with Crippen molar-refractivity contribution >= 4 is 23.7 Å². The number of hydrogen-bond acceptors (Lipinski definition) is 5. The van der Waals surface area contributed by atoms with Crippen molar-refractivity contribution in [3.63, 3.8) is 0 Å². The zero-order chi connectivity index (χ0) is 20.2. The molecule has 0 bridgehead atoms. The number of carboxylic acids is 1. The van der Waals surface area contributed by atoms with Crippen molar-refractivity contribution in [1.82, 2.24) is 10.6 Å². The lowest BCUT2D eigenvalue weighted by Gasteiger charge is -2.15. The number of nitrogens with one attached hydrogen (secondary N) is 2. The molecule has 1 rings (SSSR count). The second kappa shape index (κ2) is 11.5. The van der Waals surface area contributed by atoms with Crippen LogP contribution < -0.4 is 27.8 Å². The summed E-state index contributed by atoms with van der Waals surface area (Å²) in [6.45, 7) is -0.105. The van der Waals surface area contributed by atoms with Crippen molar-refractivity contribution in [1.29, 1.82) is 0 Å². The van der Waals surface area contributed by atoms with Crippen LogP contribution in [0.3, 0.4) is 0 Å². The van der Waals surface area contributed by atoms with Gasteiger partial charge in [0, 0.05) is 6.54 Å². The first-order chi connectivity index (χ1) is 12.8. The van der Waals surface area contributed by atoms with Crippen molar-refractivity contribution in [3.8, 4) is 0 Å². The molecular formula is C17H26N6O4. The first-order valence-electron chi connectivity index (χ1n) is 8.44. The maximum atomic E-state index is 12.0. The smallest absolute Gasteiger partial charge is 0.326 e. The van der Waals surface area contributed by atoms with Crippen LogP contribution in [-0.4, -0.2) is 54.0 Å². The van der Waals surface area contributed by atoms with Crippen molar-refractivity contribution in [3.05, 3.63) is 35.9 Å². The van der Waals surface area contributed by atoms with Crippen molar-refractivity contribution in [2.24, 2.45) is 22.2 Å². The largest absolute Gasteiger partial charge is 0.480 e. The second-order valence-electron chi connectivity index (χ2n) is 5.92. The molecule has 0 spiro atoms. The molecule has 2 amide bonds. The Morgan fingerprint density at radius 1 is 1.15 bits per heavy atom. The standard InChI is InChI=1S/C17H26N6O4/c18-12(9-11-5-2-1-3-6-11)15(25)22-10-14(24)23-13(16(26)27)7-4-8-21-17(19)20/h1-3,5-6,12-13H,4,7-10,18H2,(H,22,25)(H,23,24)(H,26,27)(H4,19,20,21). The molecule has 1 aromatic carbocycles. The van der Waals surface area contributed by atoms with E-state index in [9.17, 15) is 14.4 Å². The predicted octanol–water partition coefficient (Wildman–Crippen LogP) is -1.70. The molecular weight excluding hydrogens is 352 g/mol. The van der Waals surface area contributed by atoms with E-state index in [1.807, 2.05) is 30.3 Å². The summed E-state index contributed by atoms with van der Waals surface area (Å²) >= 11 is 0. The molecule has 0 saturated carbocycles. The van der Waals surface area contributed by atoms with Crippen molar-refractivity contribution in [2.45, 2.75) is 31.3 Å². The fraction of sp³-hybridized carbons (Fsp3) is 0.412. The number of rotatable bonds is 11. The Kier molecular flexibility index (Phi) is 9.30. The minimum absolute atomic E-state index is 0.0829. The summed E-state index contributed by atoms with van der Waals surface area (Å²) in [5, 5.41) is 13.9. The third-order valence-electron chi connectivity index (χ3n) is 3.64. The van der Waals surface area contributed by atoms with Crippen molar-refractivity contribution < 1.29 is 19.5 Å². The quantitative estimate of drug-likeness (QED) is 0.150. The molecule has 0 aliphatic heterocycles. The number of carbonyl (C=O) groups is 3. The lowest BCUT2D eigenvalue weighted by molar-refractivity contribution is -0.141. The molecule has 1 aromatic rings. The van der Waals surface area contributed by atoms with Crippen molar-refractivity contribution in [2.75, 3.05) is 13.1 Å². The molecule has 9 N–H and O–H groups in total. The van der Waals surface area contributed by atoms with Crippen LogP contribution in [0.25, 0.3) is 0 Å². The van der Waals surface area contributed by atoms with E-state index in [4.69, 9.17) is 22.3 Å². The highest BCUT2D eigenvalue weighted by atomic mass is 16.4. The number of hydrogen-bond donors (Lipinski definition) is 6. The van der Waals surface area contributed by atoms with E-state index < -0.39 is 29.9 Å². The minimum atomic E-state index is -1.18. The van der Waals surface area contributed by atoms with E-state index >= 15 is 0 Å². The van der Waals surface area contributed by atoms with E-state index in [1.54, 1.807) is 0 Å². The number of guanidine groups is 1. The van der Waals surface area contributed by atoms with Crippen LogP contribution in [0.15, 0.2) is 35.3 Å². The van der Waals surface area contributed by atoms with Gasteiger partial charge in [-0.25, -0.2) is 4.79 Å². The van der Waals surface area contributed by atoms with Gasteiger partial charge in [0.25, 0.3) is 0 Å². The summed E-state index contributed by atoms with van der Waals surface area (Å²) in [6, 6.07) is 7.32. The van der Waals surface area contributed by atoms with Gasteiger partial charge in [0.15, 0.2) is 5.96 Å². The predicted molar refractivity (Wildman–Crippen MR) is 101 cm³/mol. The van der Waals surface area contributed by atoms with Crippen LogP contribution in [0.5, 0.6) is 0 Å². The molecule has 27 heavy (non-hydrogen) atoms. The topological polar surface area (TPSA) is 186 Å². The summed E-state index contributed by atoms with van der Waals surface area (Å²) in [4.78, 5) is 38.8. The molecule has 0 heterocycles. The Morgan fingerprint density at radius 2 is 1.81 bits per heavy atom. The lowest BCUT2D eigenvalue weighted by atomic mass is 10.1. The van der Waals surface area contributed by atoms with Gasteiger partial charge in [-0.2, -0.15) is 0 Å². The first-order valence-corrected chi connectivity index (χ1v) is 8.44. The van der Waals surface area contributed by atoms with Crippen LogP contribution in [0.2, 0.25) is 0 Å². The summed E-state index contributed by atoms with van der Waals surface area (Å²) in [7, 11) is 0. The highest BCUT2D eigenvalue weighted by molar-refractivity contribution is 5.89. The Balaban J connectivity index is 2.39. The van der Waals surface area contributed by atoms with Gasteiger partial charge in [0.1, 0.15) is 6.04 Å². The van der Waals surface area contributed by atoms with Gasteiger partial charge in [-0.3, -0.25) is 14.6 Å². The molecule has 2 unspecified atom stereocenters. The molecule has 148 valence electrons. The fourth-order valence-corrected chi connectivity index (χ4v) is 2.27. The zero-order valence-corrected chi connectivity index (χ0v) is 14.9. The number of nitrogens with zero attached hydrogens (tertiary/aromatic N) is 1. The number of amides is 2.